The summed E-state index contributed by atoms with van der Waals surface area (Å²) in [5, 5.41) is 0. The van der Waals surface area contributed by atoms with Gasteiger partial charge in [-0.15, -0.1) is 0 Å². The Kier molecular flexibility index (Phi) is 9.28. The predicted octanol–water partition coefficient (Wildman–Crippen LogP) is 2.94. The van der Waals surface area contributed by atoms with Crippen LogP contribution in [0.1, 0.15) is 49.7 Å². The van der Waals surface area contributed by atoms with Crippen molar-refractivity contribution in [3.8, 4) is 5.75 Å². The van der Waals surface area contributed by atoms with Gasteiger partial charge in [-0.25, -0.2) is 9.44 Å². The van der Waals surface area contributed by atoms with Gasteiger partial charge in [0.05, 0.1) is 12.5 Å². The Morgan fingerprint density at radius 2 is 1.63 bits per heavy atom. The number of hydrogen-bond acceptors (Lipinski definition) is 5. The summed E-state index contributed by atoms with van der Waals surface area (Å²) < 4.78 is 32.2. The summed E-state index contributed by atoms with van der Waals surface area (Å²) in [5.74, 6) is 0.325. The van der Waals surface area contributed by atoms with Crippen LogP contribution in [0, 0.1) is 0 Å². The van der Waals surface area contributed by atoms with Gasteiger partial charge >= 0.3 is 10.2 Å². The number of rotatable bonds is 14. The van der Waals surface area contributed by atoms with Gasteiger partial charge in [0.25, 0.3) is 0 Å². The second-order valence-corrected chi connectivity index (χ2v) is 10.5. The van der Waals surface area contributed by atoms with Crippen molar-refractivity contribution < 1.29 is 22.7 Å². The molecule has 1 fully saturated rings. The number of nitrogens with zero attached hydrogens (tertiary/aromatic N) is 1. The molecular formula is C26H35N3O5S. The van der Waals surface area contributed by atoms with Crippen LogP contribution in [0.25, 0.3) is 0 Å². The largest absolute Gasteiger partial charge is 0.497 e. The first-order valence-electron chi connectivity index (χ1n) is 12.0. The maximum Gasteiger partial charge on any atom is 0.301 e. The van der Waals surface area contributed by atoms with Crippen LogP contribution >= 0.6 is 0 Å². The molecule has 1 aliphatic rings. The fraction of sp³-hybridized carbons (Fsp3) is 0.462. The van der Waals surface area contributed by atoms with Gasteiger partial charge in [-0.3, -0.25) is 9.59 Å². The van der Waals surface area contributed by atoms with Crippen molar-refractivity contribution in [3.63, 3.8) is 0 Å². The van der Waals surface area contributed by atoms with Crippen molar-refractivity contribution >= 4 is 22.0 Å². The summed E-state index contributed by atoms with van der Waals surface area (Å²) in [6.45, 7) is 1.16. The predicted molar refractivity (Wildman–Crippen MR) is 135 cm³/mol. The van der Waals surface area contributed by atoms with E-state index in [1.54, 1.807) is 7.11 Å². The van der Waals surface area contributed by atoms with Crippen LogP contribution in [0.5, 0.6) is 5.75 Å². The van der Waals surface area contributed by atoms with E-state index in [0.29, 0.717) is 25.9 Å². The first-order valence-corrected chi connectivity index (χ1v) is 13.5. The Balaban J connectivity index is 1.61. The monoisotopic (exact) mass is 501 g/mol. The highest BCUT2D eigenvalue weighted by Crippen LogP contribution is 2.50. The van der Waals surface area contributed by atoms with E-state index < -0.39 is 21.5 Å². The molecule has 0 radical (unpaired) electrons. The summed E-state index contributed by atoms with van der Waals surface area (Å²) in [5.41, 5.74) is 1.75. The lowest BCUT2D eigenvalue weighted by Gasteiger charge is -2.28. The van der Waals surface area contributed by atoms with E-state index in [0.717, 1.165) is 37.0 Å². The van der Waals surface area contributed by atoms with Crippen molar-refractivity contribution in [1.82, 2.24) is 14.3 Å². The third-order valence-corrected chi connectivity index (χ3v) is 7.46. The number of ether oxygens (including phenoxy) is 1. The van der Waals surface area contributed by atoms with Gasteiger partial charge in [-0.1, -0.05) is 42.5 Å². The zero-order valence-electron chi connectivity index (χ0n) is 20.5. The van der Waals surface area contributed by atoms with Crippen LogP contribution in [-0.2, 0) is 31.6 Å². The molecule has 8 nitrogen and oxygen atoms in total. The summed E-state index contributed by atoms with van der Waals surface area (Å²) in [4.78, 5) is 27.5. The number of carbonyl (C=O) groups is 2. The molecule has 190 valence electrons. The van der Waals surface area contributed by atoms with Gasteiger partial charge < -0.3 is 9.64 Å². The molecule has 0 spiro atoms. The van der Waals surface area contributed by atoms with E-state index in [1.165, 1.54) is 12.6 Å². The molecule has 0 heterocycles. The number of benzene rings is 2. The van der Waals surface area contributed by atoms with Crippen LogP contribution in [0.2, 0.25) is 0 Å². The molecule has 9 heteroatoms. The lowest BCUT2D eigenvalue weighted by molar-refractivity contribution is -0.134. The SMILES string of the molecule is CNS(=O)(=O)NC(=O)CCCCN(CCCc1ccccc1)C(=O)C1(c2ccc(OC)cc2)CC1. The average molecular weight is 502 g/mol. The molecule has 0 aliphatic heterocycles. The van der Waals surface area contributed by atoms with Gasteiger partial charge in [-0.05, 0) is 61.8 Å². The van der Waals surface area contributed by atoms with Crippen LogP contribution in [0.3, 0.4) is 0 Å². The number of aryl methyl sites for hydroxylation is 1. The number of methoxy groups -OCH3 is 1. The van der Waals surface area contributed by atoms with E-state index in [-0.39, 0.29) is 12.3 Å². The Labute approximate surface area is 208 Å². The molecule has 0 saturated heterocycles. The van der Waals surface area contributed by atoms with E-state index in [2.05, 4.69) is 16.9 Å². The molecule has 35 heavy (non-hydrogen) atoms. The lowest BCUT2D eigenvalue weighted by atomic mass is 9.93. The van der Waals surface area contributed by atoms with Crippen molar-refractivity contribution in [2.75, 3.05) is 27.2 Å². The highest BCUT2D eigenvalue weighted by Gasteiger charge is 2.52. The maximum absolute atomic E-state index is 13.7. The van der Waals surface area contributed by atoms with E-state index >= 15 is 0 Å². The molecule has 1 saturated carbocycles. The topological polar surface area (TPSA) is 105 Å². The van der Waals surface area contributed by atoms with Crippen LogP contribution in [0.4, 0.5) is 0 Å². The fourth-order valence-corrected chi connectivity index (χ4v) is 4.74. The molecule has 0 unspecified atom stereocenters. The average Bonchev–Trinajstić information content (AvgIpc) is 3.67. The van der Waals surface area contributed by atoms with Gasteiger partial charge in [0.1, 0.15) is 5.75 Å². The molecule has 2 N–H and O–H groups in total. The molecule has 3 rings (SSSR count). The molecule has 0 atom stereocenters. The second-order valence-electron chi connectivity index (χ2n) is 8.88. The number of hydrogen-bond donors (Lipinski definition) is 2. The molecule has 1 aliphatic carbocycles. The number of amides is 2. The highest BCUT2D eigenvalue weighted by atomic mass is 32.2. The molecular weight excluding hydrogens is 466 g/mol. The van der Waals surface area contributed by atoms with E-state index in [1.807, 2.05) is 52.1 Å². The highest BCUT2D eigenvalue weighted by molar-refractivity contribution is 7.88. The normalized spacial score (nSPS) is 14.2. The van der Waals surface area contributed by atoms with Crippen molar-refractivity contribution in [1.29, 1.82) is 0 Å². The quantitative estimate of drug-likeness (QED) is 0.387. The summed E-state index contributed by atoms with van der Waals surface area (Å²) >= 11 is 0. The summed E-state index contributed by atoms with van der Waals surface area (Å²) in [7, 11) is -0.932. The molecule has 2 amide bonds. The fourth-order valence-electron chi connectivity index (χ4n) is 4.24. The first-order chi connectivity index (χ1) is 16.8. The minimum Gasteiger partial charge on any atom is -0.497 e. The molecule has 0 aromatic heterocycles. The number of unbranched alkanes of at least 4 members (excludes halogenated alkanes) is 1. The smallest absolute Gasteiger partial charge is 0.301 e. The third kappa shape index (κ3) is 7.53. The van der Waals surface area contributed by atoms with Crippen LogP contribution < -0.4 is 14.2 Å². The summed E-state index contributed by atoms with van der Waals surface area (Å²) in [6, 6.07) is 17.9. The molecule has 0 bridgehead atoms. The van der Waals surface area contributed by atoms with Gasteiger partial charge in [0, 0.05) is 26.6 Å². The zero-order valence-corrected chi connectivity index (χ0v) is 21.3. The van der Waals surface area contributed by atoms with E-state index in [9.17, 15) is 18.0 Å². The standard InChI is InChI=1S/C26H35N3O5S/c1-27-35(32,33)28-24(30)12-6-7-19-29(20-8-11-21-9-4-3-5-10-21)25(31)26(17-18-26)22-13-15-23(34-2)16-14-22/h3-5,9-10,13-16,27H,6-8,11-12,17-20H2,1-2H3,(H,28,30). The van der Waals surface area contributed by atoms with Gasteiger partial charge in [-0.2, -0.15) is 8.42 Å². The minimum absolute atomic E-state index is 0.0799. The Bertz CT molecular complexity index is 1080. The molecule has 2 aromatic rings. The van der Waals surface area contributed by atoms with Crippen molar-refractivity contribution in [3.05, 3.63) is 65.7 Å². The third-order valence-electron chi connectivity index (χ3n) is 6.42. The molecule has 2 aromatic carbocycles. The maximum atomic E-state index is 13.7. The van der Waals surface area contributed by atoms with E-state index in [4.69, 9.17) is 4.74 Å². The Morgan fingerprint density at radius 1 is 0.971 bits per heavy atom. The number of carbonyl (C=O) groups excluding carboxylic acids is 2. The van der Waals surface area contributed by atoms with Crippen molar-refractivity contribution in [2.45, 2.75) is 50.4 Å². The van der Waals surface area contributed by atoms with Crippen LogP contribution in [-0.4, -0.2) is 52.4 Å². The van der Waals surface area contributed by atoms with Gasteiger partial charge in [0.2, 0.25) is 11.8 Å². The zero-order chi connectivity index (χ0) is 25.3. The second kappa shape index (κ2) is 12.2. The number of nitrogens with one attached hydrogen (secondary N) is 2. The Hall–Kier alpha value is -2.91. The summed E-state index contributed by atoms with van der Waals surface area (Å²) in [6.07, 6.45) is 4.54. The lowest BCUT2D eigenvalue weighted by Crippen LogP contribution is -2.41. The van der Waals surface area contributed by atoms with Crippen molar-refractivity contribution in [2.24, 2.45) is 0 Å². The Morgan fingerprint density at radius 3 is 2.23 bits per heavy atom. The van der Waals surface area contributed by atoms with Crippen LogP contribution in [0.15, 0.2) is 54.6 Å². The van der Waals surface area contributed by atoms with Gasteiger partial charge in [0.15, 0.2) is 0 Å². The minimum atomic E-state index is -3.79. The first kappa shape index (κ1) is 26.7.